The van der Waals surface area contributed by atoms with E-state index in [2.05, 4.69) is 10.3 Å². The highest BCUT2D eigenvalue weighted by atomic mass is 35.5. The summed E-state index contributed by atoms with van der Waals surface area (Å²) in [6.45, 7) is 2.63. The van der Waals surface area contributed by atoms with Gasteiger partial charge in [-0.3, -0.25) is 4.98 Å². The van der Waals surface area contributed by atoms with Crippen LogP contribution in [0.2, 0.25) is 5.02 Å². The Morgan fingerprint density at radius 1 is 1.14 bits per heavy atom. The quantitative estimate of drug-likeness (QED) is 0.747. The maximum absolute atomic E-state index is 9.78. The third-order valence-corrected chi connectivity index (χ3v) is 3.67. The van der Waals surface area contributed by atoms with E-state index in [1.54, 1.807) is 18.3 Å². The molecule has 0 spiro atoms. The lowest BCUT2D eigenvalue weighted by atomic mass is 10.1. The van der Waals surface area contributed by atoms with Crippen LogP contribution in [0.4, 0.5) is 5.69 Å². The average molecular weight is 299 g/mol. The highest BCUT2D eigenvalue weighted by Gasteiger charge is 2.06. The van der Waals surface area contributed by atoms with Crippen molar-refractivity contribution in [1.82, 2.24) is 4.98 Å². The molecule has 0 radical (unpaired) electrons. The second kappa shape index (κ2) is 5.62. The summed E-state index contributed by atoms with van der Waals surface area (Å²) in [6.07, 6.45) is 1.77. The third-order valence-electron chi connectivity index (χ3n) is 3.42. The Kier molecular flexibility index (Phi) is 3.67. The molecule has 0 aliphatic rings. The fraction of sp³-hybridized carbons (Fsp3) is 0.118. The van der Waals surface area contributed by atoms with E-state index < -0.39 is 0 Å². The van der Waals surface area contributed by atoms with Crippen molar-refractivity contribution < 1.29 is 5.11 Å². The molecular formula is C17H15ClN2O. The van der Waals surface area contributed by atoms with E-state index in [1.807, 2.05) is 37.3 Å². The molecule has 0 aliphatic heterocycles. The molecule has 4 heteroatoms. The van der Waals surface area contributed by atoms with Crippen LogP contribution in [0.15, 0.2) is 48.7 Å². The van der Waals surface area contributed by atoms with Crippen LogP contribution in [0, 0.1) is 6.92 Å². The van der Waals surface area contributed by atoms with Crippen molar-refractivity contribution in [2.75, 3.05) is 5.32 Å². The smallest absolute Gasteiger partial charge is 0.116 e. The molecule has 0 saturated heterocycles. The Morgan fingerprint density at radius 2 is 1.90 bits per heavy atom. The van der Waals surface area contributed by atoms with Gasteiger partial charge in [-0.05, 0) is 48.4 Å². The number of phenols is 1. The van der Waals surface area contributed by atoms with Crippen molar-refractivity contribution >= 4 is 28.2 Å². The number of anilines is 1. The lowest BCUT2D eigenvalue weighted by Gasteiger charge is -2.11. The molecule has 0 fully saturated rings. The van der Waals surface area contributed by atoms with Gasteiger partial charge < -0.3 is 10.4 Å². The number of hydrogen-bond donors (Lipinski definition) is 2. The van der Waals surface area contributed by atoms with Gasteiger partial charge in [-0.25, -0.2) is 0 Å². The number of halogens is 1. The summed E-state index contributed by atoms with van der Waals surface area (Å²) >= 11 is 5.89. The first-order chi connectivity index (χ1) is 10.1. The molecule has 3 rings (SSSR count). The lowest BCUT2D eigenvalue weighted by Crippen LogP contribution is -2.00. The molecule has 21 heavy (non-hydrogen) atoms. The summed E-state index contributed by atoms with van der Waals surface area (Å²) in [5.41, 5.74) is 3.95. The fourth-order valence-electron chi connectivity index (χ4n) is 2.37. The molecule has 0 atom stereocenters. The van der Waals surface area contributed by atoms with Gasteiger partial charge in [0.25, 0.3) is 0 Å². The van der Waals surface area contributed by atoms with Crippen molar-refractivity contribution in [3.63, 3.8) is 0 Å². The Hall–Kier alpha value is -2.26. The number of pyridine rings is 1. The van der Waals surface area contributed by atoms with Crippen molar-refractivity contribution in [3.8, 4) is 5.75 Å². The van der Waals surface area contributed by atoms with Crippen LogP contribution in [0.1, 0.15) is 11.1 Å². The van der Waals surface area contributed by atoms with Crippen LogP contribution in [-0.4, -0.2) is 10.1 Å². The zero-order valence-electron chi connectivity index (χ0n) is 11.6. The molecule has 1 aromatic heterocycles. The second-order valence-electron chi connectivity index (χ2n) is 5.00. The van der Waals surface area contributed by atoms with Crippen molar-refractivity contribution in [2.45, 2.75) is 13.5 Å². The summed E-state index contributed by atoms with van der Waals surface area (Å²) in [6, 6.07) is 13.1. The van der Waals surface area contributed by atoms with Gasteiger partial charge in [0.1, 0.15) is 5.75 Å². The van der Waals surface area contributed by atoms with Crippen LogP contribution in [0.5, 0.6) is 5.75 Å². The van der Waals surface area contributed by atoms with Gasteiger partial charge in [-0.2, -0.15) is 0 Å². The predicted octanol–water partition coefficient (Wildman–Crippen LogP) is 4.51. The number of hydrogen-bond acceptors (Lipinski definition) is 3. The first-order valence-corrected chi connectivity index (χ1v) is 7.08. The molecule has 0 bridgehead atoms. The van der Waals surface area contributed by atoms with Crippen LogP contribution in [0.3, 0.4) is 0 Å². The van der Waals surface area contributed by atoms with Gasteiger partial charge in [-0.15, -0.1) is 0 Å². The van der Waals surface area contributed by atoms with Gasteiger partial charge in [0.2, 0.25) is 0 Å². The summed E-state index contributed by atoms with van der Waals surface area (Å²) < 4.78 is 0. The molecule has 106 valence electrons. The zero-order chi connectivity index (χ0) is 14.8. The number of aromatic nitrogens is 1. The summed E-state index contributed by atoms with van der Waals surface area (Å²) in [5.74, 6) is 0.252. The topological polar surface area (TPSA) is 45.1 Å². The maximum Gasteiger partial charge on any atom is 0.116 e. The van der Waals surface area contributed by atoms with Crippen molar-refractivity contribution in [3.05, 3.63) is 64.8 Å². The largest absolute Gasteiger partial charge is 0.508 e. The Morgan fingerprint density at radius 3 is 2.67 bits per heavy atom. The first kappa shape index (κ1) is 13.7. The van der Waals surface area contributed by atoms with E-state index in [0.29, 0.717) is 6.54 Å². The average Bonchev–Trinajstić information content (AvgIpc) is 2.47. The number of aryl methyl sites for hydroxylation is 1. The van der Waals surface area contributed by atoms with E-state index in [0.717, 1.165) is 32.7 Å². The molecule has 2 aromatic carbocycles. The van der Waals surface area contributed by atoms with Crippen LogP contribution < -0.4 is 5.32 Å². The van der Waals surface area contributed by atoms with E-state index in [4.69, 9.17) is 11.6 Å². The minimum Gasteiger partial charge on any atom is -0.508 e. The maximum atomic E-state index is 9.78. The monoisotopic (exact) mass is 298 g/mol. The number of benzene rings is 2. The molecule has 0 unspecified atom stereocenters. The van der Waals surface area contributed by atoms with Gasteiger partial charge >= 0.3 is 0 Å². The third kappa shape index (κ3) is 2.93. The normalized spacial score (nSPS) is 10.8. The lowest BCUT2D eigenvalue weighted by molar-refractivity contribution is 0.476. The molecule has 3 nitrogen and oxygen atoms in total. The number of phenolic OH excluding ortho intramolecular Hbond substituents is 1. The van der Waals surface area contributed by atoms with Crippen LogP contribution in [0.25, 0.3) is 10.9 Å². The molecule has 0 amide bonds. The van der Waals surface area contributed by atoms with Crippen LogP contribution >= 0.6 is 11.6 Å². The molecular weight excluding hydrogens is 284 g/mol. The molecule has 0 saturated carbocycles. The minimum atomic E-state index is 0.252. The van der Waals surface area contributed by atoms with Gasteiger partial charge in [0.15, 0.2) is 0 Å². The van der Waals surface area contributed by atoms with Gasteiger partial charge in [0, 0.05) is 28.8 Å². The number of rotatable bonds is 3. The molecule has 2 N–H and O–H groups in total. The summed E-state index contributed by atoms with van der Waals surface area (Å²) in [5, 5.41) is 14.8. The fourth-order valence-corrected chi connectivity index (χ4v) is 2.49. The summed E-state index contributed by atoms with van der Waals surface area (Å²) in [4.78, 5) is 4.38. The predicted molar refractivity (Wildman–Crippen MR) is 86.9 cm³/mol. The van der Waals surface area contributed by atoms with Gasteiger partial charge in [-0.1, -0.05) is 23.7 Å². The van der Waals surface area contributed by atoms with Crippen LogP contribution in [-0.2, 0) is 6.54 Å². The minimum absolute atomic E-state index is 0.252. The molecule has 3 aromatic rings. The number of nitrogens with one attached hydrogen (secondary N) is 1. The SMILES string of the molecule is Cc1cc(O)cc2c(NCc3ccc(Cl)cc3)ccnc12. The Balaban J connectivity index is 1.92. The first-order valence-electron chi connectivity index (χ1n) is 6.70. The number of fused-ring (bicyclic) bond motifs is 1. The summed E-state index contributed by atoms with van der Waals surface area (Å²) in [7, 11) is 0. The van der Waals surface area contributed by atoms with E-state index >= 15 is 0 Å². The van der Waals surface area contributed by atoms with E-state index in [-0.39, 0.29) is 5.75 Å². The van der Waals surface area contributed by atoms with Crippen molar-refractivity contribution in [1.29, 1.82) is 0 Å². The number of aromatic hydroxyl groups is 1. The van der Waals surface area contributed by atoms with E-state index in [1.165, 1.54) is 0 Å². The van der Waals surface area contributed by atoms with Gasteiger partial charge in [0.05, 0.1) is 5.52 Å². The Bertz CT molecular complexity index is 785. The standard InChI is InChI=1S/C17H15ClN2O/c1-11-8-14(21)9-15-16(6-7-19-17(11)15)20-10-12-2-4-13(18)5-3-12/h2-9,21H,10H2,1H3,(H,19,20). The number of nitrogens with zero attached hydrogens (tertiary/aromatic N) is 1. The highest BCUT2D eigenvalue weighted by molar-refractivity contribution is 6.30. The highest BCUT2D eigenvalue weighted by Crippen LogP contribution is 2.28. The Labute approximate surface area is 128 Å². The van der Waals surface area contributed by atoms with Crippen molar-refractivity contribution in [2.24, 2.45) is 0 Å². The zero-order valence-corrected chi connectivity index (χ0v) is 12.4. The molecule has 1 heterocycles. The van der Waals surface area contributed by atoms with E-state index in [9.17, 15) is 5.11 Å². The second-order valence-corrected chi connectivity index (χ2v) is 5.43. The molecule has 0 aliphatic carbocycles.